The molecule has 0 aliphatic rings. The van der Waals surface area contributed by atoms with Gasteiger partial charge in [0, 0.05) is 11.6 Å². The molecule has 0 saturated carbocycles. The monoisotopic (exact) mass is 273 g/mol. The van der Waals surface area contributed by atoms with E-state index in [4.69, 9.17) is 0 Å². The highest BCUT2D eigenvalue weighted by Gasteiger charge is 2.13. The number of hydrogen-bond acceptors (Lipinski definition) is 3. The average molecular weight is 273 g/mol. The van der Waals surface area contributed by atoms with Gasteiger partial charge in [-0.15, -0.1) is 11.3 Å². The number of ketones is 1. The van der Waals surface area contributed by atoms with Gasteiger partial charge in [-0.25, -0.2) is 0 Å². The summed E-state index contributed by atoms with van der Waals surface area (Å²) in [5, 5.41) is 1.98. The van der Waals surface area contributed by atoms with Crippen molar-refractivity contribution in [2.45, 2.75) is 19.9 Å². The highest BCUT2D eigenvalue weighted by atomic mass is 32.1. The summed E-state index contributed by atoms with van der Waals surface area (Å²) in [5.74, 6) is 0.135. The van der Waals surface area contributed by atoms with E-state index in [2.05, 4.69) is 50.2 Å². The molecule has 1 heterocycles. The molecular formula is C16H19NOS. The highest BCUT2D eigenvalue weighted by Crippen LogP contribution is 2.31. The summed E-state index contributed by atoms with van der Waals surface area (Å²) in [5.41, 5.74) is 3.44. The maximum atomic E-state index is 11.6. The van der Waals surface area contributed by atoms with Crippen LogP contribution in [0.3, 0.4) is 0 Å². The van der Waals surface area contributed by atoms with Crippen LogP contribution < -0.4 is 0 Å². The lowest BCUT2D eigenvalue weighted by Crippen LogP contribution is -2.16. The van der Waals surface area contributed by atoms with Gasteiger partial charge in [0.25, 0.3) is 0 Å². The number of carbonyl (C=O) groups excluding carboxylic acids is 1. The van der Waals surface area contributed by atoms with Gasteiger partial charge in [0.05, 0.1) is 4.88 Å². The van der Waals surface area contributed by atoms with Crippen molar-refractivity contribution in [1.29, 1.82) is 0 Å². The van der Waals surface area contributed by atoms with Crippen LogP contribution in [0.5, 0.6) is 0 Å². The van der Waals surface area contributed by atoms with E-state index in [1.165, 1.54) is 16.9 Å². The Morgan fingerprint density at radius 2 is 2.00 bits per heavy atom. The van der Waals surface area contributed by atoms with E-state index < -0.39 is 0 Å². The fourth-order valence-electron chi connectivity index (χ4n) is 2.07. The Bertz CT molecular complexity index is 586. The van der Waals surface area contributed by atoms with Crippen LogP contribution in [0.1, 0.15) is 35.1 Å². The number of Topliss-reactive ketones (excluding diaryl/α,β-unsaturated/α-hetero) is 1. The quantitative estimate of drug-likeness (QED) is 0.777. The first kappa shape index (κ1) is 14.0. The van der Waals surface area contributed by atoms with Crippen LogP contribution in [0, 0.1) is 0 Å². The first-order chi connectivity index (χ1) is 9.00. The Morgan fingerprint density at radius 3 is 2.63 bits per heavy atom. The average Bonchev–Trinajstić information content (AvgIpc) is 2.87. The van der Waals surface area contributed by atoms with E-state index in [-0.39, 0.29) is 5.78 Å². The summed E-state index contributed by atoms with van der Waals surface area (Å²) in [7, 11) is 4.14. The van der Waals surface area contributed by atoms with Crippen molar-refractivity contribution in [2.24, 2.45) is 0 Å². The maximum absolute atomic E-state index is 11.6. The van der Waals surface area contributed by atoms with Crippen LogP contribution in [-0.4, -0.2) is 24.8 Å². The van der Waals surface area contributed by atoms with E-state index >= 15 is 0 Å². The molecule has 1 aromatic heterocycles. The number of rotatable bonds is 4. The number of thiophene rings is 1. The first-order valence-corrected chi connectivity index (χ1v) is 7.24. The van der Waals surface area contributed by atoms with Gasteiger partial charge in [0.2, 0.25) is 0 Å². The standard InChI is InChI=1S/C16H19NOS/c1-11(17(3)4)13-6-5-7-14(10-13)15-8-9-19-16(15)12(2)18/h5-11H,1-4H3/t11-/m0/s1. The van der Waals surface area contributed by atoms with Crippen LogP contribution in [-0.2, 0) is 0 Å². The van der Waals surface area contributed by atoms with E-state index in [9.17, 15) is 4.79 Å². The minimum absolute atomic E-state index is 0.135. The molecule has 0 spiro atoms. The fraction of sp³-hybridized carbons (Fsp3) is 0.312. The molecule has 19 heavy (non-hydrogen) atoms. The van der Waals surface area contributed by atoms with Crippen molar-refractivity contribution in [3.63, 3.8) is 0 Å². The predicted octanol–water partition coefficient (Wildman–Crippen LogP) is 4.24. The lowest BCUT2D eigenvalue weighted by atomic mass is 9.99. The third-order valence-electron chi connectivity index (χ3n) is 3.44. The van der Waals surface area contributed by atoms with Gasteiger partial charge < -0.3 is 4.90 Å². The minimum atomic E-state index is 0.135. The summed E-state index contributed by atoms with van der Waals surface area (Å²) in [6.45, 7) is 3.81. The van der Waals surface area contributed by atoms with Crippen LogP contribution in [0.4, 0.5) is 0 Å². The van der Waals surface area contributed by atoms with Crippen LogP contribution in [0.15, 0.2) is 35.7 Å². The molecule has 0 amide bonds. The van der Waals surface area contributed by atoms with Gasteiger partial charge in [-0.1, -0.05) is 18.2 Å². The molecule has 100 valence electrons. The number of carbonyl (C=O) groups is 1. The molecule has 0 unspecified atom stereocenters. The molecule has 1 aromatic carbocycles. The first-order valence-electron chi connectivity index (χ1n) is 6.36. The molecule has 0 aliphatic heterocycles. The van der Waals surface area contributed by atoms with Gasteiger partial charge in [-0.2, -0.15) is 0 Å². The van der Waals surface area contributed by atoms with Crippen molar-refractivity contribution in [3.05, 3.63) is 46.2 Å². The molecule has 0 N–H and O–H groups in total. The van der Waals surface area contributed by atoms with Crippen LogP contribution in [0.25, 0.3) is 11.1 Å². The molecule has 0 radical (unpaired) electrons. The molecule has 0 bridgehead atoms. The molecule has 1 atom stereocenters. The second-order valence-electron chi connectivity index (χ2n) is 4.98. The van der Waals surface area contributed by atoms with Gasteiger partial charge in [0.15, 0.2) is 5.78 Å². The molecule has 0 fully saturated rings. The SMILES string of the molecule is CC(=O)c1sccc1-c1cccc([C@H](C)N(C)C)c1. The number of hydrogen-bond donors (Lipinski definition) is 0. The summed E-state index contributed by atoms with van der Waals surface area (Å²) < 4.78 is 0. The van der Waals surface area contributed by atoms with Gasteiger partial charge >= 0.3 is 0 Å². The van der Waals surface area contributed by atoms with E-state index in [0.29, 0.717) is 6.04 Å². The summed E-state index contributed by atoms with van der Waals surface area (Å²) in [6.07, 6.45) is 0. The topological polar surface area (TPSA) is 20.3 Å². The fourth-order valence-corrected chi connectivity index (χ4v) is 2.89. The Balaban J connectivity index is 2.43. The molecule has 2 aromatic rings. The zero-order valence-corrected chi connectivity index (χ0v) is 12.6. The molecular weight excluding hydrogens is 254 g/mol. The lowest BCUT2D eigenvalue weighted by molar-refractivity contribution is 0.102. The Morgan fingerprint density at radius 1 is 1.26 bits per heavy atom. The van der Waals surface area contributed by atoms with Gasteiger partial charge in [0.1, 0.15) is 0 Å². The Labute approximate surface area is 118 Å². The largest absolute Gasteiger partial charge is 0.303 e. The van der Waals surface area contributed by atoms with Gasteiger partial charge in [-0.05, 0) is 56.6 Å². The number of nitrogens with zero attached hydrogens (tertiary/aromatic N) is 1. The van der Waals surface area contributed by atoms with E-state index in [1.54, 1.807) is 6.92 Å². The zero-order chi connectivity index (χ0) is 14.0. The molecule has 3 heteroatoms. The Hall–Kier alpha value is -1.45. The van der Waals surface area contributed by atoms with Gasteiger partial charge in [-0.3, -0.25) is 4.79 Å². The van der Waals surface area contributed by atoms with Crippen LogP contribution in [0.2, 0.25) is 0 Å². The van der Waals surface area contributed by atoms with Crippen molar-refractivity contribution < 1.29 is 4.79 Å². The second-order valence-corrected chi connectivity index (χ2v) is 5.90. The molecule has 2 rings (SSSR count). The lowest BCUT2D eigenvalue weighted by Gasteiger charge is -2.20. The third kappa shape index (κ3) is 2.94. The highest BCUT2D eigenvalue weighted by molar-refractivity contribution is 7.12. The van der Waals surface area contributed by atoms with Crippen molar-refractivity contribution in [3.8, 4) is 11.1 Å². The maximum Gasteiger partial charge on any atom is 0.170 e. The molecule has 2 nitrogen and oxygen atoms in total. The van der Waals surface area contributed by atoms with Crippen molar-refractivity contribution >= 4 is 17.1 Å². The van der Waals surface area contributed by atoms with E-state index in [0.717, 1.165) is 16.0 Å². The number of benzene rings is 1. The van der Waals surface area contributed by atoms with Crippen molar-refractivity contribution in [1.82, 2.24) is 4.90 Å². The summed E-state index contributed by atoms with van der Waals surface area (Å²) in [6, 6.07) is 10.8. The normalized spacial score (nSPS) is 12.7. The predicted molar refractivity (Wildman–Crippen MR) is 81.9 cm³/mol. The summed E-state index contributed by atoms with van der Waals surface area (Å²) >= 11 is 1.51. The molecule has 0 saturated heterocycles. The summed E-state index contributed by atoms with van der Waals surface area (Å²) in [4.78, 5) is 14.7. The molecule has 0 aliphatic carbocycles. The van der Waals surface area contributed by atoms with Crippen molar-refractivity contribution in [2.75, 3.05) is 14.1 Å². The Kier molecular flexibility index (Phi) is 4.17. The van der Waals surface area contributed by atoms with E-state index in [1.807, 2.05) is 11.4 Å². The minimum Gasteiger partial charge on any atom is -0.303 e. The third-order valence-corrected chi connectivity index (χ3v) is 4.45. The smallest absolute Gasteiger partial charge is 0.170 e. The second kappa shape index (κ2) is 5.68. The zero-order valence-electron chi connectivity index (χ0n) is 11.8. The van der Waals surface area contributed by atoms with Crippen LogP contribution >= 0.6 is 11.3 Å².